The molecule has 0 bridgehead atoms. The number of benzene rings is 1. The van der Waals surface area contributed by atoms with Crippen LogP contribution in [0.5, 0.6) is 0 Å². The van der Waals surface area contributed by atoms with Crippen LogP contribution in [0.4, 0.5) is 5.88 Å². The largest absolute Gasteiger partial charge is 0.456 e. The summed E-state index contributed by atoms with van der Waals surface area (Å²) in [6.07, 6.45) is 3.47. The minimum Gasteiger partial charge on any atom is -0.456 e. The Kier molecular flexibility index (Phi) is 4.28. The zero-order valence-corrected chi connectivity index (χ0v) is 10.4. The molecule has 1 heterocycles. The molecule has 0 aliphatic heterocycles. The quantitative estimate of drug-likeness (QED) is 0.475. The van der Waals surface area contributed by atoms with Crippen molar-refractivity contribution in [2.24, 2.45) is 0 Å². The minimum absolute atomic E-state index is 0.0578. The molecule has 6 heteroatoms. The second-order valence-corrected chi connectivity index (χ2v) is 3.81. The summed E-state index contributed by atoms with van der Waals surface area (Å²) in [4.78, 5) is 21.2. The molecule has 0 amide bonds. The SMILES string of the molecule is O=C(OC/C=C/c1ccccc1)c1ccc([N+](=O)[O-])o1. The normalized spacial score (nSPS) is 10.6. The van der Waals surface area contributed by atoms with E-state index in [9.17, 15) is 14.9 Å². The molecule has 0 unspecified atom stereocenters. The number of esters is 1. The molecular weight excluding hydrogens is 262 g/mol. The van der Waals surface area contributed by atoms with Gasteiger partial charge in [-0.3, -0.25) is 10.1 Å². The summed E-state index contributed by atoms with van der Waals surface area (Å²) in [6.45, 7) is 0.0578. The third-order valence-electron chi connectivity index (χ3n) is 2.39. The Morgan fingerprint density at radius 1 is 1.25 bits per heavy atom. The average molecular weight is 273 g/mol. The molecule has 0 spiro atoms. The van der Waals surface area contributed by atoms with Crippen LogP contribution in [-0.4, -0.2) is 17.5 Å². The summed E-state index contributed by atoms with van der Waals surface area (Å²) in [5.41, 5.74) is 0.984. The van der Waals surface area contributed by atoms with Gasteiger partial charge in [0.2, 0.25) is 5.76 Å². The smallest absolute Gasteiger partial charge is 0.433 e. The molecule has 0 fully saturated rings. The van der Waals surface area contributed by atoms with Crippen LogP contribution in [0.2, 0.25) is 0 Å². The Balaban J connectivity index is 1.86. The number of carbonyl (C=O) groups excluding carboxylic acids is 1. The van der Waals surface area contributed by atoms with E-state index in [2.05, 4.69) is 0 Å². The van der Waals surface area contributed by atoms with Gasteiger partial charge in [0, 0.05) is 0 Å². The van der Waals surface area contributed by atoms with Crippen molar-refractivity contribution in [2.75, 3.05) is 6.61 Å². The van der Waals surface area contributed by atoms with Crippen molar-refractivity contribution >= 4 is 17.9 Å². The van der Waals surface area contributed by atoms with Crippen LogP contribution < -0.4 is 0 Å². The van der Waals surface area contributed by atoms with Crippen LogP contribution in [0, 0.1) is 10.1 Å². The van der Waals surface area contributed by atoms with Crippen molar-refractivity contribution in [1.29, 1.82) is 0 Å². The van der Waals surface area contributed by atoms with Gasteiger partial charge in [0.05, 0.1) is 6.07 Å². The van der Waals surface area contributed by atoms with E-state index in [4.69, 9.17) is 9.15 Å². The van der Waals surface area contributed by atoms with Gasteiger partial charge in [-0.15, -0.1) is 0 Å². The second-order valence-electron chi connectivity index (χ2n) is 3.81. The van der Waals surface area contributed by atoms with Gasteiger partial charge in [-0.2, -0.15) is 0 Å². The summed E-state index contributed by atoms with van der Waals surface area (Å²) in [5, 5.41) is 10.4. The number of carbonyl (C=O) groups is 1. The maximum absolute atomic E-state index is 11.5. The maximum Gasteiger partial charge on any atom is 0.433 e. The first-order chi connectivity index (χ1) is 9.66. The molecule has 0 atom stereocenters. The van der Waals surface area contributed by atoms with E-state index in [1.807, 2.05) is 30.3 Å². The first-order valence-electron chi connectivity index (χ1n) is 5.80. The minimum atomic E-state index is -0.740. The summed E-state index contributed by atoms with van der Waals surface area (Å²) >= 11 is 0. The van der Waals surface area contributed by atoms with E-state index in [-0.39, 0.29) is 12.4 Å². The second kappa shape index (κ2) is 6.33. The Morgan fingerprint density at radius 3 is 2.65 bits per heavy atom. The predicted molar refractivity (Wildman–Crippen MR) is 71.1 cm³/mol. The van der Waals surface area contributed by atoms with Gasteiger partial charge in [-0.25, -0.2) is 4.79 Å². The van der Waals surface area contributed by atoms with Gasteiger partial charge in [0.15, 0.2) is 0 Å². The van der Waals surface area contributed by atoms with E-state index in [0.29, 0.717) is 0 Å². The van der Waals surface area contributed by atoms with E-state index in [0.717, 1.165) is 11.6 Å². The van der Waals surface area contributed by atoms with E-state index in [1.165, 1.54) is 6.07 Å². The van der Waals surface area contributed by atoms with Gasteiger partial charge in [-0.05, 0) is 17.7 Å². The van der Waals surface area contributed by atoms with Crippen LogP contribution >= 0.6 is 0 Å². The Labute approximate surface area is 114 Å². The van der Waals surface area contributed by atoms with Crippen molar-refractivity contribution in [2.45, 2.75) is 0 Å². The molecule has 0 saturated heterocycles. The molecule has 20 heavy (non-hydrogen) atoms. The number of furan rings is 1. The molecular formula is C14H11NO5. The molecule has 0 aliphatic rings. The fourth-order valence-electron chi connectivity index (χ4n) is 1.48. The molecule has 6 nitrogen and oxygen atoms in total. The Bertz CT molecular complexity index is 630. The Morgan fingerprint density at radius 2 is 2.00 bits per heavy atom. The number of nitrogens with zero attached hydrogens (tertiary/aromatic N) is 1. The van der Waals surface area contributed by atoms with Gasteiger partial charge >= 0.3 is 11.9 Å². The lowest BCUT2D eigenvalue weighted by atomic mass is 10.2. The number of hydrogen-bond acceptors (Lipinski definition) is 5. The molecule has 0 N–H and O–H groups in total. The molecule has 1 aromatic carbocycles. The van der Waals surface area contributed by atoms with Crippen molar-refractivity contribution in [3.63, 3.8) is 0 Å². The lowest BCUT2D eigenvalue weighted by Crippen LogP contribution is -2.03. The van der Waals surface area contributed by atoms with E-state index >= 15 is 0 Å². The zero-order valence-electron chi connectivity index (χ0n) is 10.4. The van der Waals surface area contributed by atoms with Gasteiger partial charge in [0.1, 0.15) is 11.5 Å². The molecule has 0 radical (unpaired) electrons. The van der Waals surface area contributed by atoms with Crippen molar-refractivity contribution in [3.05, 3.63) is 70.0 Å². The van der Waals surface area contributed by atoms with E-state index < -0.39 is 16.8 Å². The van der Waals surface area contributed by atoms with Crippen LogP contribution in [0.1, 0.15) is 16.1 Å². The molecule has 0 aliphatic carbocycles. The van der Waals surface area contributed by atoms with Gasteiger partial charge in [-0.1, -0.05) is 36.4 Å². The number of nitro groups is 1. The molecule has 2 aromatic rings. The Hall–Kier alpha value is -2.89. The standard InChI is InChI=1S/C14H11NO5/c16-14(12-8-9-13(20-12)15(17)18)19-10-4-7-11-5-2-1-3-6-11/h1-9H,10H2/b7-4+. The number of hydrogen-bond donors (Lipinski definition) is 0. The highest BCUT2D eigenvalue weighted by Gasteiger charge is 2.17. The highest BCUT2D eigenvalue weighted by Crippen LogP contribution is 2.16. The first-order valence-corrected chi connectivity index (χ1v) is 5.80. The van der Waals surface area contributed by atoms with Gasteiger partial charge in [0.25, 0.3) is 0 Å². The molecule has 0 saturated carbocycles. The van der Waals surface area contributed by atoms with Crippen LogP contribution in [-0.2, 0) is 4.74 Å². The zero-order chi connectivity index (χ0) is 14.4. The topological polar surface area (TPSA) is 82.6 Å². The van der Waals surface area contributed by atoms with Gasteiger partial charge < -0.3 is 9.15 Å². The van der Waals surface area contributed by atoms with Crippen molar-refractivity contribution in [3.8, 4) is 0 Å². The average Bonchev–Trinajstić information content (AvgIpc) is 2.94. The highest BCUT2D eigenvalue weighted by atomic mass is 16.7. The lowest BCUT2D eigenvalue weighted by molar-refractivity contribution is -0.402. The van der Waals surface area contributed by atoms with Crippen LogP contribution in [0.3, 0.4) is 0 Å². The predicted octanol–water partition coefficient (Wildman–Crippen LogP) is 3.06. The third kappa shape index (κ3) is 3.55. The maximum atomic E-state index is 11.5. The van der Waals surface area contributed by atoms with Crippen molar-refractivity contribution < 1.29 is 18.9 Å². The fourth-order valence-corrected chi connectivity index (χ4v) is 1.48. The summed E-state index contributed by atoms with van der Waals surface area (Å²) in [7, 11) is 0. The highest BCUT2D eigenvalue weighted by molar-refractivity contribution is 5.86. The molecule has 1 aromatic heterocycles. The molecule has 102 valence electrons. The first kappa shape index (κ1) is 13.5. The lowest BCUT2D eigenvalue weighted by Gasteiger charge is -1.97. The third-order valence-corrected chi connectivity index (χ3v) is 2.39. The monoisotopic (exact) mass is 273 g/mol. The van der Waals surface area contributed by atoms with E-state index in [1.54, 1.807) is 12.2 Å². The summed E-state index contributed by atoms with van der Waals surface area (Å²) in [5.74, 6) is -1.42. The van der Waals surface area contributed by atoms with Crippen LogP contribution in [0.25, 0.3) is 6.08 Å². The summed E-state index contributed by atoms with van der Waals surface area (Å²) in [6, 6.07) is 11.8. The number of rotatable bonds is 5. The number of ether oxygens (including phenoxy) is 1. The van der Waals surface area contributed by atoms with Crippen molar-refractivity contribution in [1.82, 2.24) is 0 Å². The van der Waals surface area contributed by atoms with Crippen LogP contribution in [0.15, 0.2) is 53.0 Å². The molecule has 2 rings (SSSR count). The summed E-state index contributed by atoms with van der Waals surface area (Å²) < 4.78 is 9.63. The fraction of sp³-hybridized carbons (Fsp3) is 0.0714.